The molecule has 3 N–H and O–H groups in total. The van der Waals surface area contributed by atoms with Crippen LogP contribution >= 0.6 is 11.8 Å². The van der Waals surface area contributed by atoms with E-state index in [0.717, 1.165) is 17.7 Å². The number of carbonyl (C=O) groups is 1. The van der Waals surface area contributed by atoms with Crippen molar-refractivity contribution in [2.24, 2.45) is 5.14 Å². The molecule has 0 fully saturated rings. The average Bonchev–Trinajstić information content (AvgIpc) is 3.07. The maximum Gasteiger partial charge on any atom is 0.241 e. The van der Waals surface area contributed by atoms with E-state index in [4.69, 9.17) is 9.88 Å². The fraction of sp³-hybridized carbons (Fsp3) is 0.278. The zero-order valence-corrected chi connectivity index (χ0v) is 16.0. The van der Waals surface area contributed by atoms with E-state index < -0.39 is 10.0 Å². The molecule has 2 aromatic rings. The topological polar surface area (TPSA) is 98.5 Å². The summed E-state index contributed by atoms with van der Waals surface area (Å²) >= 11 is 1.45. The van der Waals surface area contributed by atoms with Gasteiger partial charge in [0.2, 0.25) is 15.9 Å². The molecule has 2 aromatic carbocycles. The number of thioether (sulfide) groups is 1. The number of amides is 1. The Kier molecular flexibility index (Phi) is 5.55. The van der Waals surface area contributed by atoms with Gasteiger partial charge in [0, 0.05) is 10.6 Å². The first-order valence-electron chi connectivity index (χ1n) is 8.12. The van der Waals surface area contributed by atoms with Crippen LogP contribution in [0.25, 0.3) is 0 Å². The van der Waals surface area contributed by atoms with E-state index in [1.54, 1.807) is 6.07 Å². The minimum atomic E-state index is -3.95. The van der Waals surface area contributed by atoms with Crippen molar-refractivity contribution in [3.05, 3.63) is 47.5 Å². The Bertz CT molecular complexity index is 942. The van der Waals surface area contributed by atoms with Gasteiger partial charge in [-0.3, -0.25) is 4.79 Å². The van der Waals surface area contributed by atoms with Gasteiger partial charge >= 0.3 is 0 Å². The zero-order valence-electron chi connectivity index (χ0n) is 14.3. The fourth-order valence-electron chi connectivity index (χ4n) is 2.96. The van der Waals surface area contributed by atoms with Crippen molar-refractivity contribution in [1.82, 2.24) is 0 Å². The van der Waals surface area contributed by atoms with Gasteiger partial charge in [0.05, 0.1) is 12.9 Å². The highest BCUT2D eigenvalue weighted by molar-refractivity contribution is 8.00. The van der Waals surface area contributed by atoms with E-state index in [1.807, 2.05) is 6.07 Å². The van der Waals surface area contributed by atoms with Gasteiger partial charge in [0.1, 0.15) is 10.6 Å². The van der Waals surface area contributed by atoms with Crippen LogP contribution in [0.1, 0.15) is 17.5 Å². The molecule has 1 amide bonds. The Hall–Kier alpha value is -2.03. The van der Waals surface area contributed by atoms with Crippen LogP contribution in [0.5, 0.6) is 5.75 Å². The van der Waals surface area contributed by atoms with Crippen molar-refractivity contribution in [2.45, 2.75) is 29.1 Å². The van der Waals surface area contributed by atoms with Gasteiger partial charge in [-0.2, -0.15) is 0 Å². The third-order valence-corrected chi connectivity index (χ3v) is 6.12. The molecule has 1 aliphatic rings. The van der Waals surface area contributed by atoms with Crippen molar-refractivity contribution in [3.8, 4) is 5.75 Å². The molecule has 6 nitrogen and oxygen atoms in total. The Balaban J connectivity index is 1.65. The molecule has 0 bridgehead atoms. The summed E-state index contributed by atoms with van der Waals surface area (Å²) in [5.74, 6) is 0.147. The molecule has 0 saturated carbocycles. The van der Waals surface area contributed by atoms with Crippen LogP contribution in [0.4, 0.5) is 5.69 Å². The minimum Gasteiger partial charge on any atom is -0.495 e. The number of primary sulfonamides is 1. The minimum absolute atomic E-state index is 0.137. The Morgan fingerprint density at radius 2 is 1.96 bits per heavy atom. The number of nitrogens with one attached hydrogen (secondary N) is 1. The van der Waals surface area contributed by atoms with Crippen molar-refractivity contribution in [1.29, 1.82) is 0 Å². The summed E-state index contributed by atoms with van der Waals surface area (Å²) in [5, 5.41) is 7.88. The van der Waals surface area contributed by atoms with Crippen LogP contribution in [0.2, 0.25) is 0 Å². The summed E-state index contributed by atoms with van der Waals surface area (Å²) in [6.45, 7) is 0. The maximum atomic E-state index is 12.2. The number of carbonyl (C=O) groups excluding carboxylic acids is 1. The van der Waals surface area contributed by atoms with E-state index in [-0.39, 0.29) is 22.3 Å². The lowest BCUT2D eigenvalue weighted by Gasteiger charge is -2.10. The van der Waals surface area contributed by atoms with Gasteiger partial charge in [-0.25, -0.2) is 13.6 Å². The molecule has 0 spiro atoms. The van der Waals surface area contributed by atoms with Crippen molar-refractivity contribution in [2.75, 3.05) is 18.2 Å². The lowest BCUT2D eigenvalue weighted by atomic mass is 10.1. The highest BCUT2D eigenvalue weighted by Crippen LogP contribution is 2.28. The first-order valence-corrected chi connectivity index (χ1v) is 10.7. The largest absolute Gasteiger partial charge is 0.495 e. The average molecular weight is 393 g/mol. The molecular weight excluding hydrogens is 372 g/mol. The fourth-order valence-corrected chi connectivity index (χ4v) is 4.44. The van der Waals surface area contributed by atoms with E-state index in [9.17, 15) is 13.2 Å². The quantitative estimate of drug-likeness (QED) is 0.736. The number of anilines is 1. The summed E-state index contributed by atoms with van der Waals surface area (Å²) in [6.07, 6.45) is 3.41. The summed E-state index contributed by atoms with van der Waals surface area (Å²) in [5.41, 5.74) is 3.12. The van der Waals surface area contributed by atoms with E-state index >= 15 is 0 Å². The Labute approximate surface area is 157 Å². The maximum absolute atomic E-state index is 12.2. The van der Waals surface area contributed by atoms with E-state index in [1.165, 1.54) is 48.6 Å². The monoisotopic (exact) mass is 392 g/mol. The van der Waals surface area contributed by atoms with Gasteiger partial charge in [-0.15, -0.1) is 11.8 Å². The van der Waals surface area contributed by atoms with Gasteiger partial charge in [-0.1, -0.05) is 6.07 Å². The Morgan fingerprint density at radius 3 is 2.69 bits per heavy atom. The van der Waals surface area contributed by atoms with Crippen LogP contribution < -0.4 is 15.2 Å². The standard InChI is InChI=1S/C18H20N2O4S2/c1-24-16-8-6-14(10-17(16)26(19,22)23)20-18(21)11-25-15-7-5-12-3-2-4-13(12)9-15/h5-10H,2-4,11H2,1H3,(H,20,21)(H2,19,22,23). The summed E-state index contributed by atoms with van der Waals surface area (Å²) in [6, 6.07) is 10.6. The number of hydrogen-bond donors (Lipinski definition) is 2. The number of nitrogens with two attached hydrogens (primary N) is 1. The molecule has 0 saturated heterocycles. The number of methoxy groups -OCH3 is 1. The molecule has 138 valence electrons. The lowest BCUT2D eigenvalue weighted by Crippen LogP contribution is -2.16. The van der Waals surface area contributed by atoms with Crippen LogP contribution in [0.3, 0.4) is 0 Å². The highest BCUT2D eigenvalue weighted by Gasteiger charge is 2.17. The van der Waals surface area contributed by atoms with Gasteiger partial charge in [-0.05, 0) is 60.7 Å². The predicted octanol–water partition coefficient (Wildman–Crippen LogP) is 2.56. The molecule has 1 aliphatic carbocycles. The number of benzene rings is 2. The third kappa shape index (κ3) is 4.38. The molecule has 26 heavy (non-hydrogen) atoms. The molecule has 0 aromatic heterocycles. The van der Waals surface area contributed by atoms with Crippen molar-refractivity contribution in [3.63, 3.8) is 0 Å². The summed E-state index contributed by atoms with van der Waals surface area (Å²) in [4.78, 5) is 13.1. The molecule has 0 aliphatic heterocycles. The molecular formula is C18H20N2O4S2. The van der Waals surface area contributed by atoms with Gasteiger partial charge < -0.3 is 10.1 Å². The molecule has 0 radical (unpaired) electrons. The first kappa shape index (κ1) is 18.8. The first-order chi connectivity index (χ1) is 12.4. The molecule has 3 rings (SSSR count). The normalized spacial score (nSPS) is 13.3. The predicted molar refractivity (Wildman–Crippen MR) is 102 cm³/mol. The zero-order chi connectivity index (χ0) is 18.7. The van der Waals surface area contributed by atoms with Crippen LogP contribution in [-0.2, 0) is 27.7 Å². The SMILES string of the molecule is COc1ccc(NC(=O)CSc2ccc3c(c2)CCC3)cc1S(N)(=O)=O. The lowest BCUT2D eigenvalue weighted by molar-refractivity contribution is -0.113. The second-order valence-electron chi connectivity index (χ2n) is 6.03. The third-order valence-electron chi connectivity index (χ3n) is 4.19. The van der Waals surface area contributed by atoms with Crippen LogP contribution in [-0.4, -0.2) is 27.2 Å². The summed E-state index contributed by atoms with van der Waals surface area (Å²) in [7, 11) is -2.59. The highest BCUT2D eigenvalue weighted by atomic mass is 32.2. The molecule has 0 atom stereocenters. The number of sulfonamides is 1. The van der Waals surface area contributed by atoms with Crippen LogP contribution in [0.15, 0.2) is 46.2 Å². The van der Waals surface area contributed by atoms with Gasteiger partial charge in [0.15, 0.2) is 0 Å². The number of hydrogen-bond acceptors (Lipinski definition) is 5. The van der Waals surface area contributed by atoms with Crippen molar-refractivity contribution >= 4 is 33.4 Å². The Morgan fingerprint density at radius 1 is 1.19 bits per heavy atom. The number of aryl methyl sites for hydroxylation is 2. The van der Waals surface area contributed by atoms with Gasteiger partial charge in [0.25, 0.3) is 0 Å². The molecule has 8 heteroatoms. The number of rotatable bonds is 6. The molecule has 0 heterocycles. The second-order valence-corrected chi connectivity index (χ2v) is 8.61. The number of ether oxygens (including phenoxy) is 1. The van der Waals surface area contributed by atoms with Crippen LogP contribution in [0, 0.1) is 0 Å². The van der Waals surface area contributed by atoms with E-state index in [0.29, 0.717) is 5.69 Å². The van der Waals surface area contributed by atoms with Crippen molar-refractivity contribution < 1.29 is 17.9 Å². The summed E-state index contributed by atoms with van der Waals surface area (Å²) < 4.78 is 28.3. The molecule has 0 unspecified atom stereocenters. The number of fused-ring (bicyclic) bond motifs is 1. The smallest absolute Gasteiger partial charge is 0.241 e. The van der Waals surface area contributed by atoms with E-state index in [2.05, 4.69) is 17.4 Å². The second kappa shape index (κ2) is 7.69.